The van der Waals surface area contributed by atoms with E-state index in [2.05, 4.69) is 62.1 Å². The van der Waals surface area contributed by atoms with Crippen LogP contribution >= 0.6 is 46.3 Å². The highest BCUT2D eigenvalue weighted by Gasteiger charge is 2.18. The topological polar surface area (TPSA) is 69.6 Å². The van der Waals surface area contributed by atoms with Crippen LogP contribution in [0, 0.1) is 0 Å². The lowest BCUT2D eigenvalue weighted by Crippen LogP contribution is -2.41. The van der Waals surface area contributed by atoms with Crippen LogP contribution in [0.15, 0.2) is 87.2 Å². The van der Waals surface area contributed by atoms with Crippen molar-refractivity contribution in [1.29, 1.82) is 0 Å². The molecule has 1 fully saturated rings. The van der Waals surface area contributed by atoms with Crippen molar-refractivity contribution in [2.45, 2.75) is 63.4 Å². The van der Waals surface area contributed by atoms with Gasteiger partial charge in [-0.3, -0.25) is 14.7 Å². The monoisotopic (exact) mass is 687 g/mol. The first-order valence-electron chi connectivity index (χ1n) is 15.5. The highest BCUT2D eigenvalue weighted by Crippen LogP contribution is 2.28. The Balaban J connectivity index is 0.000000235. The number of halogens is 2. The highest BCUT2D eigenvalue weighted by atomic mass is 35.5. The molecule has 3 heterocycles. The van der Waals surface area contributed by atoms with Gasteiger partial charge in [-0.2, -0.15) is 0 Å². The third-order valence-corrected chi connectivity index (χ3v) is 9.33. The number of thiazole rings is 1. The molecule has 0 radical (unpaired) electrons. The molecule has 45 heavy (non-hydrogen) atoms. The van der Waals surface area contributed by atoms with Crippen molar-refractivity contribution in [3.05, 3.63) is 93.4 Å². The first-order valence-corrected chi connectivity index (χ1v) is 18.2. The van der Waals surface area contributed by atoms with Crippen LogP contribution in [-0.2, 0) is 11.3 Å². The minimum atomic E-state index is 0.326. The Bertz CT molecular complexity index is 1320. The Kier molecular flexibility index (Phi) is 20.5. The second-order valence-electron chi connectivity index (χ2n) is 9.87. The number of piperidine rings is 1. The largest absolute Gasteiger partial charge is 0.356 e. The molecule has 0 bridgehead atoms. The number of amides is 1. The molecule has 2 N–H and O–H groups in total. The van der Waals surface area contributed by atoms with Gasteiger partial charge >= 0.3 is 0 Å². The summed E-state index contributed by atoms with van der Waals surface area (Å²) < 4.78 is 1.16. The summed E-state index contributed by atoms with van der Waals surface area (Å²) in [6, 6.07) is 16.4. The molecule has 6 nitrogen and oxygen atoms in total. The van der Waals surface area contributed by atoms with E-state index in [4.69, 9.17) is 23.2 Å². The lowest BCUT2D eigenvalue weighted by molar-refractivity contribution is -0.110. The molecule has 244 valence electrons. The van der Waals surface area contributed by atoms with Crippen LogP contribution < -0.4 is 10.6 Å². The van der Waals surface area contributed by atoms with E-state index in [1.165, 1.54) is 16.8 Å². The van der Waals surface area contributed by atoms with Crippen LogP contribution in [0.3, 0.4) is 0 Å². The maximum Gasteiger partial charge on any atom is 0.207 e. The Morgan fingerprint density at radius 1 is 1.09 bits per heavy atom. The first kappa shape index (κ1) is 38.7. The number of carbonyl (C=O) groups excluding carboxylic acids is 1. The van der Waals surface area contributed by atoms with Gasteiger partial charge in [0.05, 0.1) is 15.7 Å². The molecule has 2 aromatic carbocycles. The Morgan fingerprint density at radius 2 is 1.84 bits per heavy atom. The number of aliphatic imine (C=N–C) groups is 1. The molecule has 2 aliphatic heterocycles. The fourth-order valence-corrected chi connectivity index (χ4v) is 6.45. The maximum atomic E-state index is 10.4. The van der Waals surface area contributed by atoms with Crippen molar-refractivity contribution in [3.8, 4) is 11.3 Å². The smallest absolute Gasteiger partial charge is 0.207 e. The molecule has 1 amide bonds. The molecular weight excluding hydrogens is 641 g/mol. The standard InChI is InChI=1S/C13H16Cl2N2O.C11H11NS2.C9H14N2.C2H6/c14-12-2-1-10(7-13(12)15)8-17-5-3-11(4-6-17)16-9-18;1-2-13-11-12-10(8-14-11)9-6-4-3-5-7-9;1-10-8-6-9-5-3-2-4-7-11-9;1-2/h1-2,7,9,11H,3-6,8H2,(H,16,18);3-8H,2H2,1H3;2,4-5,7,10H,3,6,8H2,1H3;1-2H3. The lowest BCUT2D eigenvalue weighted by atomic mass is 10.0. The van der Waals surface area contributed by atoms with E-state index in [-0.39, 0.29) is 0 Å². The normalized spacial score (nSPS) is 14.4. The predicted molar refractivity (Wildman–Crippen MR) is 198 cm³/mol. The summed E-state index contributed by atoms with van der Waals surface area (Å²) in [6.45, 7) is 10.0. The number of hydrogen-bond donors (Lipinski definition) is 2. The van der Waals surface area contributed by atoms with Gasteiger partial charge in [-0.25, -0.2) is 4.98 Å². The summed E-state index contributed by atoms with van der Waals surface area (Å²) in [4.78, 5) is 21.5. The van der Waals surface area contributed by atoms with Gasteiger partial charge in [-0.1, -0.05) is 104 Å². The fourth-order valence-electron chi connectivity index (χ4n) is 4.39. The maximum absolute atomic E-state index is 10.4. The average molecular weight is 689 g/mol. The molecule has 1 aromatic heterocycles. The number of aromatic nitrogens is 1. The van der Waals surface area contributed by atoms with Crippen molar-refractivity contribution >= 4 is 58.9 Å². The van der Waals surface area contributed by atoms with Crippen molar-refractivity contribution in [1.82, 2.24) is 20.5 Å². The molecule has 0 saturated carbocycles. The molecule has 5 rings (SSSR count). The van der Waals surface area contributed by atoms with Crippen LogP contribution in [0.2, 0.25) is 10.0 Å². The van der Waals surface area contributed by atoms with Gasteiger partial charge in [0.2, 0.25) is 6.41 Å². The van der Waals surface area contributed by atoms with E-state index in [1.807, 2.05) is 69.6 Å². The van der Waals surface area contributed by atoms with E-state index < -0.39 is 0 Å². The number of nitrogens with zero attached hydrogens (tertiary/aromatic N) is 3. The quantitative estimate of drug-likeness (QED) is 0.164. The highest BCUT2D eigenvalue weighted by molar-refractivity contribution is 8.00. The number of benzene rings is 2. The summed E-state index contributed by atoms with van der Waals surface area (Å²) in [5.74, 6) is 1.09. The minimum Gasteiger partial charge on any atom is -0.356 e. The predicted octanol–water partition coefficient (Wildman–Crippen LogP) is 9.16. The van der Waals surface area contributed by atoms with E-state index in [9.17, 15) is 4.79 Å². The summed E-state index contributed by atoms with van der Waals surface area (Å²) >= 11 is 15.4. The number of carbonyl (C=O) groups is 1. The third kappa shape index (κ3) is 15.6. The molecule has 0 aliphatic carbocycles. The van der Waals surface area contributed by atoms with Gasteiger partial charge in [0.15, 0.2) is 4.34 Å². The molecule has 3 aromatic rings. The van der Waals surface area contributed by atoms with Crippen LogP contribution in [0.25, 0.3) is 11.3 Å². The number of thioether (sulfide) groups is 1. The van der Waals surface area contributed by atoms with Gasteiger partial charge in [-0.05, 0) is 55.8 Å². The average Bonchev–Trinajstić information content (AvgIpc) is 3.39. The summed E-state index contributed by atoms with van der Waals surface area (Å²) in [7, 11) is 1.96. The number of hydrogen-bond acceptors (Lipinski definition) is 7. The van der Waals surface area contributed by atoms with E-state index >= 15 is 0 Å². The fraction of sp³-hybridized carbons (Fsp3) is 0.400. The molecule has 10 heteroatoms. The zero-order chi connectivity index (χ0) is 32.7. The summed E-state index contributed by atoms with van der Waals surface area (Å²) in [6.07, 6.45) is 12.9. The second kappa shape index (κ2) is 23.8. The van der Waals surface area contributed by atoms with Crippen LogP contribution in [-0.4, -0.2) is 61.0 Å². The molecule has 0 unspecified atom stereocenters. The Labute approximate surface area is 288 Å². The van der Waals surface area contributed by atoms with Crippen LogP contribution in [0.1, 0.15) is 52.0 Å². The molecule has 2 aliphatic rings. The number of rotatable bonds is 10. The van der Waals surface area contributed by atoms with E-state index in [1.54, 1.807) is 23.1 Å². The first-order chi connectivity index (χ1) is 22.0. The number of nitrogens with one attached hydrogen (secondary N) is 2. The molecular formula is C35H47Cl2N5OS2. The van der Waals surface area contributed by atoms with Gasteiger partial charge < -0.3 is 10.6 Å². The van der Waals surface area contributed by atoms with Crippen LogP contribution in [0.5, 0.6) is 0 Å². The number of likely N-dealkylation sites (tertiary alicyclic amines) is 1. The van der Waals surface area contributed by atoms with Gasteiger partial charge in [0, 0.05) is 61.5 Å². The zero-order valence-electron chi connectivity index (χ0n) is 26.8. The van der Waals surface area contributed by atoms with Crippen molar-refractivity contribution in [2.24, 2.45) is 4.99 Å². The lowest BCUT2D eigenvalue weighted by Gasteiger charge is -2.31. The molecule has 0 spiro atoms. The van der Waals surface area contributed by atoms with E-state index in [0.29, 0.717) is 16.1 Å². The summed E-state index contributed by atoms with van der Waals surface area (Å²) in [5, 5.41) is 9.25. The zero-order valence-corrected chi connectivity index (χ0v) is 30.0. The SMILES string of the molecule is CC.CCSc1nc(-c2ccccc2)cs1.CNCCC1=CCC=CC=N1.O=CNC1CCN(Cc2ccc(Cl)c(Cl)c2)CC1. The van der Waals surface area contributed by atoms with Crippen molar-refractivity contribution in [3.63, 3.8) is 0 Å². The van der Waals surface area contributed by atoms with Gasteiger partial charge in [0.1, 0.15) is 0 Å². The Hall–Kier alpha value is -2.46. The van der Waals surface area contributed by atoms with Crippen LogP contribution in [0.4, 0.5) is 0 Å². The second-order valence-corrected chi connectivity index (χ2v) is 13.1. The third-order valence-electron chi connectivity index (χ3n) is 6.69. The van der Waals surface area contributed by atoms with Crippen molar-refractivity contribution in [2.75, 3.05) is 32.4 Å². The molecule has 1 saturated heterocycles. The van der Waals surface area contributed by atoms with Gasteiger partial charge in [0.25, 0.3) is 0 Å². The van der Waals surface area contributed by atoms with Gasteiger partial charge in [-0.15, -0.1) is 11.3 Å². The van der Waals surface area contributed by atoms with E-state index in [0.717, 1.165) is 74.1 Å². The minimum absolute atomic E-state index is 0.326. The summed E-state index contributed by atoms with van der Waals surface area (Å²) in [5.41, 5.74) is 4.65. The van der Waals surface area contributed by atoms with Crippen molar-refractivity contribution < 1.29 is 4.79 Å². The number of allylic oxidation sites excluding steroid dienone is 3. The Morgan fingerprint density at radius 3 is 2.51 bits per heavy atom. The molecule has 0 atom stereocenters.